The summed E-state index contributed by atoms with van der Waals surface area (Å²) in [4.78, 5) is 28.0. The van der Waals surface area contributed by atoms with Crippen molar-refractivity contribution >= 4 is 39.6 Å². The molecule has 1 atom stereocenters. The largest absolute Gasteiger partial charge is 0.448 e. The minimum absolute atomic E-state index is 0.398. The zero-order valence-electron chi connectivity index (χ0n) is 15.8. The molecule has 2 heterocycles. The van der Waals surface area contributed by atoms with Gasteiger partial charge < -0.3 is 10.1 Å². The first-order chi connectivity index (χ1) is 13.6. The molecule has 0 saturated carbocycles. The number of nitrogens with one attached hydrogen (secondary N) is 1. The fourth-order valence-corrected chi connectivity index (χ4v) is 6.24. The van der Waals surface area contributed by atoms with Crippen molar-refractivity contribution in [2.45, 2.75) is 64.4 Å². The highest BCUT2D eigenvalue weighted by Gasteiger charge is 2.26. The van der Waals surface area contributed by atoms with Crippen molar-refractivity contribution in [3.05, 3.63) is 37.4 Å². The van der Waals surface area contributed by atoms with Crippen LogP contribution in [0, 0.1) is 11.3 Å². The quantitative estimate of drug-likeness (QED) is 0.585. The normalized spacial score (nSPS) is 16.4. The summed E-state index contributed by atoms with van der Waals surface area (Å²) in [5.41, 5.74) is 2.88. The van der Waals surface area contributed by atoms with E-state index in [0.717, 1.165) is 50.5 Å². The molecule has 4 rings (SSSR count). The van der Waals surface area contributed by atoms with Gasteiger partial charge in [0.2, 0.25) is 0 Å². The molecule has 0 radical (unpaired) electrons. The number of thiophene rings is 2. The number of esters is 1. The number of anilines is 1. The Morgan fingerprint density at radius 1 is 1.11 bits per heavy atom. The Morgan fingerprint density at radius 3 is 2.68 bits per heavy atom. The first-order valence-electron chi connectivity index (χ1n) is 9.75. The summed E-state index contributed by atoms with van der Waals surface area (Å²) in [6.45, 7) is 1.57. The molecule has 28 heavy (non-hydrogen) atoms. The van der Waals surface area contributed by atoms with Crippen LogP contribution in [0.2, 0.25) is 0 Å². The molecule has 5 nitrogen and oxygen atoms in total. The monoisotopic (exact) mass is 414 g/mol. The highest BCUT2D eigenvalue weighted by atomic mass is 32.1. The average molecular weight is 415 g/mol. The molecular weight excluding hydrogens is 392 g/mol. The first-order valence-corrected chi connectivity index (χ1v) is 11.4. The maximum atomic E-state index is 12.6. The van der Waals surface area contributed by atoms with Gasteiger partial charge in [-0.1, -0.05) is 6.42 Å². The van der Waals surface area contributed by atoms with Crippen LogP contribution in [0.4, 0.5) is 5.00 Å². The third-order valence-electron chi connectivity index (χ3n) is 5.37. The van der Waals surface area contributed by atoms with E-state index in [1.165, 1.54) is 44.4 Å². The average Bonchev–Trinajstić information content (AvgIpc) is 3.31. The van der Waals surface area contributed by atoms with Crippen molar-refractivity contribution in [2.24, 2.45) is 0 Å². The molecule has 0 bridgehead atoms. The highest BCUT2D eigenvalue weighted by Crippen LogP contribution is 2.37. The Morgan fingerprint density at radius 2 is 1.89 bits per heavy atom. The molecular formula is C21H22N2O3S2. The maximum Gasteiger partial charge on any atom is 0.349 e. The van der Waals surface area contributed by atoms with Crippen molar-refractivity contribution in [3.8, 4) is 6.07 Å². The van der Waals surface area contributed by atoms with Crippen LogP contribution < -0.4 is 5.32 Å². The van der Waals surface area contributed by atoms with Gasteiger partial charge in [0.1, 0.15) is 15.9 Å². The van der Waals surface area contributed by atoms with Crippen LogP contribution in [0.25, 0.3) is 0 Å². The molecule has 0 aromatic carbocycles. The van der Waals surface area contributed by atoms with Gasteiger partial charge in [-0.2, -0.15) is 5.26 Å². The number of rotatable bonds is 4. The molecule has 2 aliphatic carbocycles. The molecule has 1 amide bonds. The van der Waals surface area contributed by atoms with Gasteiger partial charge in [-0.15, -0.1) is 22.7 Å². The van der Waals surface area contributed by atoms with E-state index in [1.54, 1.807) is 6.92 Å². The van der Waals surface area contributed by atoms with Crippen LogP contribution in [-0.4, -0.2) is 18.0 Å². The number of hydrogen-bond donors (Lipinski definition) is 1. The zero-order valence-corrected chi connectivity index (χ0v) is 17.4. The van der Waals surface area contributed by atoms with Crippen LogP contribution in [0.5, 0.6) is 0 Å². The van der Waals surface area contributed by atoms with Gasteiger partial charge in [0.15, 0.2) is 6.10 Å². The van der Waals surface area contributed by atoms with Crippen molar-refractivity contribution in [2.75, 3.05) is 5.32 Å². The van der Waals surface area contributed by atoms with Crippen molar-refractivity contribution < 1.29 is 14.3 Å². The third-order valence-corrected chi connectivity index (χ3v) is 7.80. The second-order valence-corrected chi connectivity index (χ2v) is 9.57. The Hall–Kier alpha value is -2.17. The zero-order chi connectivity index (χ0) is 19.7. The number of nitrogens with zero attached hydrogens (tertiary/aromatic N) is 1. The van der Waals surface area contributed by atoms with Crippen molar-refractivity contribution in [1.82, 2.24) is 0 Å². The summed E-state index contributed by atoms with van der Waals surface area (Å²) < 4.78 is 5.38. The second-order valence-electron chi connectivity index (χ2n) is 7.33. The summed E-state index contributed by atoms with van der Waals surface area (Å²) in [7, 11) is 0. The lowest BCUT2D eigenvalue weighted by molar-refractivity contribution is -0.123. The van der Waals surface area contributed by atoms with E-state index in [0.29, 0.717) is 15.4 Å². The Bertz CT molecular complexity index is 946. The lowest BCUT2D eigenvalue weighted by Crippen LogP contribution is -2.29. The van der Waals surface area contributed by atoms with Gasteiger partial charge in [-0.3, -0.25) is 4.79 Å². The number of nitriles is 1. The number of hydrogen-bond acceptors (Lipinski definition) is 6. The number of aryl methyl sites for hydroxylation is 3. The molecule has 0 aliphatic heterocycles. The van der Waals surface area contributed by atoms with E-state index in [1.807, 2.05) is 6.07 Å². The van der Waals surface area contributed by atoms with Crippen LogP contribution >= 0.6 is 22.7 Å². The SMILES string of the molecule is C[C@H](OC(=O)c1cc2c(s1)CCC2)C(=O)Nc1sc2c(c1C#N)CCCCC2. The molecule has 2 aliphatic rings. The lowest BCUT2D eigenvalue weighted by atomic mass is 10.1. The van der Waals surface area contributed by atoms with Crippen LogP contribution in [0.1, 0.15) is 68.7 Å². The van der Waals surface area contributed by atoms with E-state index in [2.05, 4.69) is 11.4 Å². The number of carbonyl (C=O) groups is 2. The number of amides is 1. The fraction of sp³-hybridized carbons (Fsp3) is 0.476. The Kier molecular flexibility index (Phi) is 5.51. The fourth-order valence-electron chi connectivity index (χ4n) is 3.86. The van der Waals surface area contributed by atoms with Crippen molar-refractivity contribution in [3.63, 3.8) is 0 Å². The van der Waals surface area contributed by atoms with Crippen molar-refractivity contribution in [1.29, 1.82) is 5.26 Å². The molecule has 2 aromatic rings. The number of fused-ring (bicyclic) bond motifs is 2. The molecule has 1 N–H and O–H groups in total. The highest BCUT2D eigenvalue weighted by molar-refractivity contribution is 7.16. The van der Waals surface area contributed by atoms with Gasteiger partial charge in [-0.05, 0) is 69.1 Å². The van der Waals surface area contributed by atoms with E-state index in [4.69, 9.17) is 4.74 Å². The summed E-state index contributed by atoms with van der Waals surface area (Å²) >= 11 is 2.95. The van der Waals surface area contributed by atoms with E-state index in [-0.39, 0.29) is 0 Å². The second kappa shape index (κ2) is 8.06. The Balaban J connectivity index is 1.43. The smallest absolute Gasteiger partial charge is 0.349 e. The van der Waals surface area contributed by atoms with E-state index in [9.17, 15) is 14.9 Å². The molecule has 146 valence electrons. The van der Waals surface area contributed by atoms with Gasteiger partial charge in [0.25, 0.3) is 5.91 Å². The Labute approximate surface area is 172 Å². The summed E-state index contributed by atoms with van der Waals surface area (Å²) in [5, 5.41) is 13.0. The van der Waals surface area contributed by atoms with Crippen LogP contribution in [0.3, 0.4) is 0 Å². The minimum atomic E-state index is -0.919. The molecule has 0 unspecified atom stereocenters. The molecule has 2 aromatic heterocycles. The van der Waals surface area contributed by atoms with Gasteiger partial charge in [0, 0.05) is 9.75 Å². The minimum Gasteiger partial charge on any atom is -0.448 e. The molecule has 0 saturated heterocycles. The van der Waals surface area contributed by atoms with Gasteiger partial charge in [0.05, 0.1) is 5.56 Å². The molecule has 0 spiro atoms. The van der Waals surface area contributed by atoms with E-state index < -0.39 is 18.0 Å². The predicted molar refractivity (Wildman–Crippen MR) is 110 cm³/mol. The topological polar surface area (TPSA) is 79.2 Å². The van der Waals surface area contributed by atoms with Gasteiger partial charge in [-0.25, -0.2) is 4.79 Å². The third kappa shape index (κ3) is 3.71. The standard InChI is InChI=1S/C21H22N2O3S2/c1-12(26-21(25)18-10-13-6-5-9-16(13)27-18)19(24)23-20-15(11-22)14-7-3-2-4-8-17(14)28-20/h10,12H,2-9H2,1H3,(H,23,24)/t12-/m0/s1. The number of ether oxygens (including phenoxy) is 1. The first kappa shape index (κ1) is 19.2. The maximum absolute atomic E-state index is 12.6. The predicted octanol–water partition coefficient (Wildman–Crippen LogP) is 4.62. The van der Waals surface area contributed by atoms with E-state index >= 15 is 0 Å². The van der Waals surface area contributed by atoms with Gasteiger partial charge >= 0.3 is 5.97 Å². The molecule has 7 heteroatoms. The van der Waals surface area contributed by atoms with Crippen LogP contribution in [0.15, 0.2) is 6.07 Å². The molecule has 0 fully saturated rings. The summed E-state index contributed by atoms with van der Waals surface area (Å²) in [6, 6.07) is 4.15. The number of carbonyl (C=O) groups excluding carboxylic acids is 2. The summed E-state index contributed by atoms with van der Waals surface area (Å²) in [5.74, 6) is -0.852. The summed E-state index contributed by atoms with van der Waals surface area (Å²) in [6.07, 6.45) is 7.45. The lowest BCUT2D eigenvalue weighted by Gasteiger charge is -2.12. The van der Waals surface area contributed by atoms with Crippen LogP contribution in [-0.2, 0) is 35.2 Å².